The number of methoxy groups -OCH3 is 2. The summed E-state index contributed by atoms with van der Waals surface area (Å²) in [6.45, 7) is 3.60. The highest BCUT2D eigenvalue weighted by Crippen LogP contribution is 2.41. The summed E-state index contributed by atoms with van der Waals surface area (Å²) in [5.74, 6) is 0.455. The van der Waals surface area contributed by atoms with Gasteiger partial charge in [-0.25, -0.2) is 14.2 Å². The molecule has 8 nitrogen and oxygen atoms in total. The molecule has 1 aromatic heterocycles. The summed E-state index contributed by atoms with van der Waals surface area (Å²) < 4.78 is 39.6. The number of nitrogens with zero attached hydrogens (tertiary/aromatic N) is 2. The van der Waals surface area contributed by atoms with Crippen molar-refractivity contribution < 1.29 is 28.1 Å². The molecule has 4 aromatic carbocycles. The Labute approximate surface area is 282 Å². The molecular weight excluding hydrogens is 687 g/mol. The molecule has 1 aliphatic heterocycles. The largest absolute Gasteiger partial charge is 0.493 e. The van der Waals surface area contributed by atoms with Crippen LogP contribution in [0.5, 0.6) is 17.2 Å². The van der Waals surface area contributed by atoms with Crippen molar-refractivity contribution in [1.82, 2.24) is 4.57 Å². The first-order chi connectivity index (χ1) is 22.7. The van der Waals surface area contributed by atoms with Crippen molar-refractivity contribution in [2.45, 2.75) is 26.5 Å². The second kappa shape index (κ2) is 13.5. The molecule has 0 bridgehead atoms. The Morgan fingerprint density at radius 3 is 2.49 bits per heavy atom. The molecule has 0 spiro atoms. The van der Waals surface area contributed by atoms with Crippen LogP contribution in [0.3, 0.4) is 0 Å². The van der Waals surface area contributed by atoms with E-state index in [-0.39, 0.29) is 30.2 Å². The predicted octanol–water partition coefficient (Wildman–Crippen LogP) is 6.45. The van der Waals surface area contributed by atoms with Crippen LogP contribution in [0, 0.1) is 5.82 Å². The van der Waals surface area contributed by atoms with E-state index in [1.807, 2.05) is 36.4 Å². The van der Waals surface area contributed by atoms with Gasteiger partial charge in [-0.3, -0.25) is 9.36 Å². The van der Waals surface area contributed by atoms with Crippen LogP contribution in [-0.4, -0.2) is 31.4 Å². The number of hydrogen-bond donors (Lipinski definition) is 0. The van der Waals surface area contributed by atoms with Crippen molar-refractivity contribution in [2.75, 3.05) is 20.8 Å². The summed E-state index contributed by atoms with van der Waals surface area (Å²) in [5.41, 5.74) is 1.97. The summed E-state index contributed by atoms with van der Waals surface area (Å²) in [5, 5.41) is 1.80. The Bertz CT molecular complexity index is 2240. The van der Waals surface area contributed by atoms with Gasteiger partial charge >= 0.3 is 5.97 Å². The number of aromatic nitrogens is 1. The van der Waals surface area contributed by atoms with Crippen LogP contribution in [0.15, 0.2) is 98.3 Å². The number of esters is 1. The molecule has 0 fully saturated rings. The smallest absolute Gasteiger partial charge is 0.338 e. The fourth-order valence-electron chi connectivity index (χ4n) is 5.62. The summed E-state index contributed by atoms with van der Waals surface area (Å²) in [7, 11) is 3.05. The average Bonchev–Trinajstić information content (AvgIpc) is 3.38. The Kier molecular flexibility index (Phi) is 9.28. The number of thiazole rings is 1. The highest BCUT2D eigenvalue weighted by molar-refractivity contribution is 9.10. The van der Waals surface area contributed by atoms with Gasteiger partial charge in [-0.15, -0.1) is 0 Å². The molecular formula is C36H30BrFN2O6S. The molecule has 47 heavy (non-hydrogen) atoms. The first kappa shape index (κ1) is 32.2. The molecule has 0 aliphatic carbocycles. The second-order valence-corrected chi connectivity index (χ2v) is 12.5. The van der Waals surface area contributed by atoms with Gasteiger partial charge in [0.25, 0.3) is 5.56 Å². The quantitative estimate of drug-likeness (QED) is 0.163. The summed E-state index contributed by atoms with van der Waals surface area (Å²) in [6, 6.07) is 20.5. The van der Waals surface area contributed by atoms with E-state index < -0.39 is 12.0 Å². The zero-order valence-corrected chi connectivity index (χ0v) is 28.4. The maximum atomic E-state index is 14.4. The molecule has 0 N–H and O–H groups in total. The lowest BCUT2D eigenvalue weighted by atomic mass is 9.95. The molecule has 0 saturated heterocycles. The van der Waals surface area contributed by atoms with Gasteiger partial charge < -0.3 is 18.9 Å². The van der Waals surface area contributed by atoms with Crippen molar-refractivity contribution in [3.63, 3.8) is 0 Å². The lowest BCUT2D eigenvalue weighted by Gasteiger charge is -2.26. The van der Waals surface area contributed by atoms with E-state index in [9.17, 15) is 14.0 Å². The molecule has 2 heterocycles. The molecule has 5 aromatic rings. The third-order valence-corrected chi connectivity index (χ3v) is 9.53. The summed E-state index contributed by atoms with van der Waals surface area (Å²) in [4.78, 5) is 33.0. The topological polar surface area (TPSA) is 88.4 Å². The fourth-order valence-corrected chi connectivity index (χ4v) is 7.19. The number of halogens is 2. The number of carbonyl (C=O) groups is 1. The summed E-state index contributed by atoms with van der Waals surface area (Å²) >= 11 is 4.83. The minimum atomic E-state index is -0.883. The first-order valence-corrected chi connectivity index (χ1v) is 16.4. The molecule has 6 rings (SSSR count). The lowest BCUT2D eigenvalue weighted by Crippen LogP contribution is -2.40. The minimum Gasteiger partial charge on any atom is -0.493 e. The molecule has 11 heteroatoms. The number of benzene rings is 4. The van der Waals surface area contributed by atoms with Crippen molar-refractivity contribution in [2.24, 2.45) is 4.99 Å². The van der Waals surface area contributed by atoms with E-state index in [0.717, 1.165) is 10.8 Å². The van der Waals surface area contributed by atoms with Gasteiger partial charge in [0.15, 0.2) is 16.3 Å². The number of ether oxygens (including phenoxy) is 4. The van der Waals surface area contributed by atoms with E-state index in [4.69, 9.17) is 23.9 Å². The summed E-state index contributed by atoms with van der Waals surface area (Å²) in [6.07, 6.45) is 1.77. The first-order valence-electron chi connectivity index (χ1n) is 14.7. The Morgan fingerprint density at radius 1 is 1.02 bits per heavy atom. The van der Waals surface area contributed by atoms with Gasteiger partial charge in [-0.2, -0.15) is 0 Å². The highest BCUT2D eigenvalue weighted by Gasteiger charge is 2.35. The fraction of sp³-hybridized carbons (Fsp3) is 0.194. The maximum absolute atomic E-state index is 14.4. The molecule has 0 saturated carbocycles. The van der Waals surface area contributed by atoms with Crippen LogP contribution in [0.4, 0.5) is 4.39 Å². The Balaban J connectivity index is 1.57. The van der Waals surface area contributed by atoms with Crippen LogP contribution < -0.4 is 29.1 Å². The zero-order chi connectivity index (χ0) is 33.2. The third kappa shape index (κ3) is 6.08. The monoisotopic (exact) mass is 716 g/mol. The molecule has 1 aliphatic rings. The van der Waals surface area contributed by atoms with E-state index in [1.165, 1.54) is 36.2 Å². The van der Waals surface area contributed by atoms with E-state index >= 15 is 0 Å². The van der Waals surface area contributed by atoms with Crippen molar-refractivity contribution in [3.8, 4) is 17.2 Å². The van der Waals surface area contributed by atoms with Gasteiger partial charge in [0.05, 0.1) is 42.7 Å². The Morgan fingerprint density at radius 2 is 1.74 bits per heavy atom. The number of allylic oxidation sites excluding steroid dienone is 1. The number of fused-ring (bicyclic) bond motifs is 2. The third-order valence-electron chi connectivity index (χ3n) is 7.86. The maximum Gasteiger partial charge on any atom is 0.338 e. The standard InChI is InChI=1S/C36H30BrFN2O6S/c1-5-45-35(42)32-20(2)39-36-40(33(32)25-16-29(43-3)30(44-4)18-26(25)37)34(41)31(47-36)17-24-23-12-8-6-10-21(23)14-15-28(24)46-19-22-11-7-9-13-27(22)38/h6-18,33H,5,19H2,1-4H3/b31-17-/t33-/m0/s1. The SMILES string of the molecule is CCOC(=O)C1=C(C)N=c2s/c(=C\c3c(OCc4ccccc4F)ccc4ccccc34)c(=O)n2[C@H]1c1cc(OC)c(OC)cc1Br. The lowest BCUT2D eigenvalue weighted by molar-refractivity contribution is -0.139. The van der Waals surface area contributed by atoms with Crippen LogP contribution in [0.2, 0.25) is 0 Å². The van der Waals surface area contributed by atoms with Crippen LogP contribution in [0.1, 0.15) is 36.6 Å². The van der Waals surface area contributed by atoms with Crippen LogP contribution in [-0.2, 0) is 16.1 Å². The van der Waals surface area contributed by atoms with Crippen molar-refractivity contribution >= 4 is 50.1 Å². The molecule has 1 atom stereocenters. The molecule has 0 amide bonds. The van der Waals surface area contributed by atoms with Crippen LogP contribution in [0.25, 0.3) is 16.8 Å². The highest BCUT2D eigenvalue weighted by atomic mass is 79.9. The minimum absolute atomic E-state index is 0.00251. The number of rotatable bonds is 9. The van der Waals surface area contributed by atoms with Gasteiger partial charge in [0.1, 0.15) is 18.2 Å². The van der Waals surface area contributed by atoms with E-state index in [2.05, 4.69) is 15.9 Å². The van der Waals surface area contributed by atoms with Gasteiger partial charge in [-0.05, 0) is 60.5 Å². The number of carbonyl (C=O) groups excluding carboxylic acids is 1. The Hall–Kier alpha value is -4.74. The van der Waals surface area contributed by atoms with Gasteiger partial charge in [-0.1, -0.05) is 75.8 Å². The van der Waals surface area contributed by atoms with Gasteiger partial charge in [0.2, 0.25) is 0 Å². The molecule has 0 unspecified atom stereocenters. The molecule has 240 valence electrons. The van der Waals surface area contributed by atoms with Crippen molar-refractivity contribution in [1.29, 1.82) is 0 Å². The van der Waals surface area contributed by atoms with E-state index in [0.29, 0.717) is 53.4 Å². The molecule has 0 radical (unpaired) electrons. The number of hydrogen-bond acceptors (Lipinski definition) is 8. The zero-order valence-electron chi connectivity index (χ0n) is 26.0. The normalized spacial score (nSPS) is 14.5. The van der Waals surface area contributed by atoms with E-state index in [1.54, 1.807) is 50.3 Å². The van der Waals surface area contributed by atoms with Crippen molar-refractivity contribution in [3.05, 3.63) is 131 Å². The second-order valence-electron chi connectivity index (χ2n) is 10.6. The van der Waals surface area contributed by atoms with Crippen LogP contribution >= 0.6 is 27.3 Å². The van der Waals surface area contributed by atoms with Gasteiger partial charge in [0, 0.05) is 15.6 Å². The average molecular weight is 718 g/mol. The predicted molar refractivity (Wildman–Crippen MR) is 182 cm³/mol.